The van der Waals surface area contributed by atoms with Gasteiger partial charge in [0.15, 0.2) is 5.60 Å². The third-order valence-electron chi connectivity index (χ3n) is 10.1. The number of likely N-dealkylation sites (tertiary alicyclic amines) is 1. The van der Waals surface area contributed by atoms with Crippen LogP contribution in [0.15, 0.2) is 77.4 Å². The second-order valence-corrected chi connectivity index (χ2v) is 14.6. The number of hydrogen-bond donors (Lipinski definition) is 3. The molecule has 1 aliphatic heterocycles. The lowest BCUT2D eigenvalue weighted by Gasteiger charge is -2.36. The number of halogens is 2. The van der Waals surface area contributed by atoms with Crippen LogP contribution in [0.1, 0.15) is 49.3 Å². The van der Waals surface area contributed by atoms with Crippen LogP contribution in [0.25, 0.3) is 22.2 Å². The van der Waals surface area contributed by atoms with E-state index in [4.69, 9.17) is 39.9 Å². The summed E-state index contributed by atoms with van der Waals surface area (Å²) >= 11 is 6.70. The maximum Gasteiger partial charge on any atom is 0.337 e. The summed E-state index contributed by atoms with van der Waals surface area (Å²) in [4.78, 5) is 26.4. The molecule has 3 N–H and O–H groups in total. The van der Waals surface area contributed by atoms with Gasteiger partial charge < -0.3 is 38.8 Å². The summed E-state index contributed by atoms with van der Waals surface area (Å²) in [5.41, 5.74) is 2.44. The smallest absolute Gasteiger partial charge is 0.337 e. The average Bonchev–Trinajstić information content (AvgIpc) is 3.72. The number of hydrogen-bond acceptors (Lipinski definition) is 14. The number of rotatable bonds is 20. The fraction of sp³-hybridized carbons (Fsp3) is 0.395. The van der Waals surface area contributed by atoms with E-state index in [1.165, 1.54) is 7.11 Å². The van der Waals surface area contributed by atoms with Gasteiger partial charge in [-0.3, -0.25) is 10.1 Å². The van der Waals surface area contributed by atoms with Gasteiger partial charge in [-0.1, -0.05) is 48.0 Å². The lowest BCUT2D eigenvalue weighted by molar-refractivity contribution is -0.167. The van der Waals surface area contributed by atoms with Gasteiger partial charge in [0.25, 0.3) is 0 Å². The highest BCUT2D eigenvalue weighted by Gasteiger charge is 2.40. The highest BCUT2D eigenvalue weighted by atomic mass is 35.5. The fourth-order valence-corrected chi connectivity index (χ4v) is 6.97. The Morgan fingerprint density at radius 1 is 0.949 bits per heavy atom. The molecular formula is C43H48ClFN4O10. The fourth-order valence-electron chi connectivity index (χ4n) is 6.73. The minimum absolute atomic E-state index is 0.0926. The van der Waals surface area contributed by atoms with Crippen molar-refractivity contribution in [1.82, 2.24) is 20.5 Å². The number of aliphatic hydroxyl groups excluding tert-OH is 1. The van der Waals surface area contributed by atoms with Gasteiger partial charge in [0.1, 0.15) is 53.4 Å². The van der Waals surface area contributed by atoms with Crippen LogP contribution < -0.4 is 19.5 Å². The largest absolute Gasteiger partial charge is 0.494 e. The van der Waals surface area contributed by atoms with Crippen LogP contribution in [0.4, 0.5) is 4.39 Å². The number of carbonyl (C=O) groups is 2. The van der Waals surface area contributed by atoms with Gasteiger partial charge >= 0.3 is 11.9 Å². The van der Waals surface area contributed by atoms with E-state index >= 15 is 4.39 Å². The molecule has 5 aromatic rings. The summed E-state index contributed by atoms with van der Waals surface area (Å²) < 4.78 is 49.0. The van der Waals surface area contributed by atoms with Gasteiger partial charge in [-0.2, -0.15) is 0 Å². The van der Waals surface area contributed by atoms with Gasteiger partial charge in [-0.15, -0.1) is 0 Å². The van der Waals surface area contributed by atoms with Crippen LogP contribution in [-0.4, -0.2) is 95.6 Å². The molecule has 1 aliphatic rings. The Hall–Kier alpha value is -5.32. The molecule has 1 saturated heterocycles. The van der Waals surface area contributed by atoms with Gasteiger partial charge in [0, 0.05) is 42.4 Å². The van der Waals surface area contributed by atoms with E-state index < -0.39 is 36.0 Å². The number of ether oxygens (including phenoxy) is 5. The number of esters is 2. The standard InChI is InChI=1S/C43H48ClFN4O10/c1-3-55-41(51)37(25-50)46-24-31-22-34(44)39(23-38(31)57-26-28-12-13-35-36(20-28)48-59-47-35)58-27-30-9-7-11-33(40(30)45)29-8-6-10-32(21-29)56-19-5-4-16-49-17-14-43(53,15-18-49)42(52)54-2/h6-13,20-23,37,46,50,53H,3-5,14-19,24-27H2,1-2H3/t37-/m1/s1. The van der Waals surface area contributed by atoms with Crippen molar-refractivity contribution in [2.24, 2.45) is 0 Å². The van der Waals surface area contributed by atoms with Gasteiger partial charge in [-0.25, -0.2) is 13.8 Å². The first kappa shape index (κ1) is 43.3. The number of carbonyl (C=O) groups excluding carboxylic acids is 2. The molecule has 0 saturated carbocycles. The maximum absolute atomic E-state index is 16.1. The molecule has 0 aliphatic carbocycles. The molecule has 0 spiro atoms. The van der Waals surface area contributed by atoms with Crippen molar-refractivity contribution in [1.29, 1.82) is 0 Å². The Morgan fingerprint density at radius 3 is 2.51 bits per heavy atom. The molecule has 0 bridgehead atoms. The van der Waals surface area contributed by atoms with E-state index in [2.05, 4.69) is 20.5 Å². The zero-order chi connectivity index (χ0) is 41.8. The highest BCUT2D eigenvalue weighted by molar-refractivity contribution is 6.32. The van der Waals surface area contributed by atoms with Crippen molar-refractivity contribution in [2.45, 2.75) is 64.0 Å². The Morgan fingerprint density at radius 2 is 1.73 bits per heavy atom. The first-order valence-corrected chi connectivity index (χ1v) is 19.8. The SMILES string of the molecule is CCOC(=O)[C@@H](CO)NCc1cc(Cl)c(OCc2cccc(-c3cccc(OCCCCN4CCC(O)(C(=O)OC)CC4)c3)c2F)cc1OCc1ccc2nonc2c1. The molecule has 2 heterocycles. The van der Waals surface area contributed by atoms with E-state index in [9.17, 15) is 19.8 Å². The van der Waals surface area contributed by atoms with Crippen molar-refractivity contribution in [3.05, 3.63) is 100 Å². The molecule has 1 fully saturated rings. The Labute approximate surface area is 346 Å². The number of fused-ring (bicyclic) bond motifs is 1. The predicted molar refractivity (Wildman–Crippen MR) is 215 cm³/mol. The van der Waals surface area contributed by atoms with Gasteiger partial charge in [0.05, 0.1) is 32.0 Å². The molecule has 1 atom stereocenters. The average molecular weight is 835 g/mol. The van der Waals surface area contributed by atoms with Crippen LogP contribution in [0, 0.1) is 5.82 Å². The summed E-state index contributed by atoms with van der Waals surface area (Å²) in [5.74, 6) is -0.390. The Balaban J connectivity index is 1.08. The molecule has 314 valence electrons. The van der Waals surface area contributed by atoms with Crippen LogP contribution in [0.5, 0.6) is 17.2 Å². The molecule has 4 aromatic carbocycles. The lowest BCUT2D eigenvalue weighted by Crippen LogP contribution is -2.50. The summed E-state index contributed by atoms with van der Waals surface area (Å²) in [6, 6.07) is 20.0. The van der Waals surface area contributed by atoms with Crippen molar-refractivity contribution in [3.8, 4) is 28.4 Å². The zero-order valence-corrected chi connectivity index (χ0v) is 33.7. The number of aliphatic hydroxyl groups is 2. The first-order chi connectivity index (χ1) is 28.6. The molecule has 6 rings (SSSR count). The second kappa shape index (κ2) is 20.6. The summed E-state index contributed by atoms with van der Waals surface area (Å²) in [7, 11) is 1.29. The second-order valence-electron chi connectivity index (χ2n) is 14.1. The molecule has 0 unspecified atom stereocenters. The first-order valence-electron chi connectivity index (χ1n) is 19.4. The number of piperidine rings is 1. The number of aromatic nitrogens is 2. The summed E-state index contributed by atoms with van der Waals surface area (Å²) in [6.45, 7) is 3.97. The van der Waals surface area contributed by atoms with Gasteiger partial charge in [0.2, 0.25) is 0 Å². The molecule has 59 heavy (non-hydrogen) atoms. The third-order valence-corrected chi connectivity index (χ3v) is 10.4. The van der Waals surface area contributed by atoms with Crippen LogP contribution in [0.2, 0.25) is 5.02 Å². The minimum atomic E-state index is -1.40. The highest BCUT2D eigenvalue weighted by Crippen LogP contribution is 2.35. The van der Waals surface area contributed by atoms with E-state index in [1.807, 2.05) is 24.3 Å². The van der Waals surface area contributed by atoms with Crippen LogP contribution in [0.3, 0.4) is 0 Å². The Bertz CT molecular complexity index is 2200. The predicted octanol–water partition coefficient (Wildman–Crippen LogP) is 6.01. The normalized spacial score (nSPS) is 14.5. The molecule has 16 heteroatoms. The maximum atomic E-state index is 16.1. The van der Waals surface area contributed by atoms with E-state index in [-0.39, 0.29) is 37.1 Å². The van der Waals surface area contributed by atoms with Crippen LogP contribution in [-0.2, 0) is 38.8 Å². The molecule has 1 aromatic heterocycles. The molecule has 0 radical (unpaired) electrons. The minimum Gasteiger partial charge on any atom is -0.494 e. The molecule has 14 nitrogen and oxygen atoms in total. The van der Waals surface area contributed by atoms with E-state index in [1.54, 1.807) is 55.5 Å². The third kappa shape index (κ3) is 11.2. The monoisotopic (exact) mass is 834 g/mol. The number of methoxy groups -OCH3 is 1. The van der Waals surface area contributed by atoms with Crippen LogP contribution >= 0.6 is 11.6 Å². The lowest BCUT2D eigenvalue weighted by atomic mass is 9.91. The van der Waals surface area contributed by atoms with Crippen molar-refractivity contribution >= 4 is 34.6 Å². The Kier molecular flexibility index (Phi) is 15.1. The van der Waals surface area contributed by atoms with E-state index in [0.717, 1.165) is 24.9 Å². The van der Waals surface area contributed by atoms with Crippen molar-refractivity contribution in [2.75, 3.05) is 46.6 Å². The summed E-state index contributed by atoms with van der Waals surface area (Å²) in [5, 5.41) is 31.2. The number of nitrogens with zero attached hydrogens (tertiary/aromatic N) is 3. The van der Waals surface area contributed by atoms with Crippen molar-refractivity contribution < 1.29 is 52.5 Å². The quantitative estimate of drug-likeness (QED) is 0.0614. The van der Waals surface area contributed by atoms with E-state index in [0.29, 0.717) is 77.3 Å². The molecule has 0 amide bonds. The van der Waals surface area contributed by atoms with Crippen molar-refractivity contribution in [3.63, 3.8) is 0 Å². The van der Waals surface area contributed by atoms with Gasteiger partial charge in [-0.05, 0) is 90.9 Å². The zero-order valence-electron chi connectivity index (χ0n) is 33.0. The number of unbranched alkanes of at least 4 members (excludes halogenated alkanes) is 1. The molecular weight excluding hydrogens is 787 g/mol. The summed E-state index contributed by atoms with van der Waals surface area (Å²) in [6.07, 6.45) is 2.36. The number of benzene rings is 4. The topological polar surface area (TPSA) is 175 Å². The number of nitrogens with one attached hydrogen (secondary N) is 1.